The van der Waals surface area contributed by atoms with Gasteiger partial charge in [-0.05, 0) is 18.8 Å². The highest BCUT2D eigenvalue weighted by atomic mass is 16.4. The third-order valence-electron chi connectivity index (χ3n) is 2.62. The third-order valence-corrected chi connectivity index (χ3v) is 2.62. The van der Waals surface area contributed by atoms with Crippen LogP contribution in [0.3, 0.4) is 0 Å². The van der Waals surface area contributed by atoms with Gasteiger partial charge in [-0.2, -0.15) is 0 Å². The van der Waals surface area contributed by atoms with E-state index >= 15 is 0 Å². The summed E-state index contributed by atoms with van der Waals surface area (Å²) in [6.07, 6.45) is 0.423. The Labute approximate surface area is 69.1 Å². The number of hydrogen-bond donors (Lipinski definition) is 3. The molecule has 5 heteroatoms. The highest BCUT2D eigenvalue weighted by Gasteiger charge is 2.62. The number of hydrogen-bond acceptors (Lipinski definition) is 2. The van der Waals surface area contributed by atoms with Crippen molar-refractivity contribution in [2.75, 3.05) is 6.54 Å². The molecule has 1 saturated heterocycles. The number of nitrogens with one attached hydrogen (secondary N) is 2. The summed E-state index contributed by atoms with van der Waals surface area (Å²) >= 11 is 0. The maximum atomic E-state index is 11.3. The first-order valence-corrected chi connectivity index (χ1v) is 3.94. The van der Waals surface area contributed by atoms with E-state index < -0.39 is 11.6 Å². The molecular formula is C7H10N2O3. The number of carbonyl (C=O) groups is 2. The Bertz CT molecular complexity index is 253. The molecule has 5 nitrogen and oxygen atoms in total. The van der Waals surface area contributed by atoms with Crippen molar-refractivity contribution in [2.45, 2.75) is 18.4 Å². The van der Waals surface area contributed by atoms with E-state index in [0.717, 1.165) is 6.42 Å². The van der Waals surface area contributed by atoms with Crippen LogP contribution >= 0.6 is 0 Å². The number of carbonyl (C=O) groups excluding carboxylic acids is 1. The molecule has 2 unspecified atom stereocenters. The lowest BCUT2D eigenvalue weighted by atomic mass is 10.1. The van der Waals surface area contributed by atoms with Crippen molar-refractivity contribution in [3.05, 3.63) is 0 Å². The van der Waals surface area contributed by atoms with E-state index in [4.69, 9.17) is 5.11 Å². The molecule has 0 aromatic rings. The number of piperidine rings is 1. The van der Waals surface area contributed by atoms with Crippen LogP contribution in [0.4, 0.5) is 4.79 Å². The van der Waals surface area contributed by atoms with Gasteiger partial charge in [0.2, 0.25) is 5.91 Å². The fourth-order valence-corrected chi connectivity index (χ4v) is 1.87. The molecule has 2 rings (SSSR count). The van der Waals surface area contributed by atoms with Crippen LogP contribution in [0.2, 0.25) is 0 Å². The van der Waals surface area contributed by atoms with Crippen LogP contribution in [-0.2, 0) is 4.79 Å². The maximum absolute atomic E-state index is 11.3. The molecule has 0 radical (unpaired) electrons. The van der Waals surface area contributed by atoms with E-state index in [0.29, 0.717) is 13.0 Å². The molecule has 0 aromatic carbocycles. The zero-order valence-electron chi connectivity index (χ0n) is 6.46. The van der Waals surface area contributed by atoms with Crippen LogP contribution in [0.1, 0.15) is 12.8 Å². The lowest BCUT2D eigenvalue weighted by Gasteiger charge is -2.21. The van der Waals surface area contributed by atoms with Crippen molar-refractivity contribution in [1.29, 1.82) is 0 Å². The van der Waals surface area contributed by atoms with Gasteiger partial charge in [-0.3, -0.25) is 4.79 Å². The smallest absolute Gasteiger partial charge is 0.405 e. The van der Waals surface area contributed by atoms with Gasteiger partial charge < -0.3 is 15.7 Å². The highest BCUT2D eigenvalue weighted by Crippen LogP contribution is 2.47. The van der Waals surface area contributed by atoms with Gasteiger partial charge in [-0.15, -0.1) is 0 Å². The minimum Gasteiger partial charge on any atom is -0.465 e. The summed E-state index contributed by atoms with van der Waals surface area (Å²) in [5.41, 5.74) is -0.774. The largest absolute Gasteiger partial charge is 0.465 e. The molecule has 1 aliphatic heterocycles. The van der Waals surface area contributed by atoms with Crippen LogP contribution in [0, 0.1) is 5.92 Å². The molecule has 0 aromatic heterocycles. The molecule has 1 saturated carbocycles. The van der Waals surface area contributed by atoms with Gasteiger partial charge in [0.25, 0.3) is 0 Å². The second-order valence-electron chi connectivity index (χ2n) is 3.35. The SMILES string of the molecule is O=C(O)NC12CC1CCNC2=O. The minimum atomic E-state index is -1.12. The van der Waals surface area contributed by atoms with Crippen LogP contribution in [-0.4, -0.2) is 29.2 Å². The predicted molar refractivity (Wildman–Crippen MR) is 39.6 cm³/mol. The average Bonchev–Trinajstić information content (AvgIpc) is 2.63. The normalized spacial score (nSPS) is 38.0. The fourth-order valence-electron chi connectivity index (χ4n) is 1.87. The fraction of sp³-hybridized carbons (Fsp3) is 0.714. The summed E-state index contributed by atoms with van der Waals surface area (Å²) < 4.78 is 0. The van der Waals surface area contributed by atoms with Crippen molar-refractivity contribution in [3.8, 4) is 0 Å². The van der Waals surface area contributed by atoms with Crippen LogP contribution in [0.5, 0.6) is 0 Å². The summed E-state index contributed by atoms with van der Waals surface area (Å²) in [7, 11) is 0. The highest BCUT2D eigenvalue weighted by molar-refractivity contribution is 5.94. The molecule has 0 spiro atoms. The number of carboxylic acid groups (broad SMARTS) is 1. The average molecular weight is 170 g/mol. The summed E-state index contributed by atoms with van der Waals surface area (Å²) in [4.78, 5) is 21.6. The number of rotatable bonds is 1. The Morgan fingerprint density at radius 1 is 1.75 bits per heavy atom. The van der Waals surface area contributed by atoms with Crippen molar-refractivity contribution in [3.63, 3.8) is 0 Å². The molecule has 1 aliphatic carbocycles. The van der Waals surface area contributed by atoms with Gasteiger partial charge in [0, 0.05) is 6.54 Å². The Morgan fingerprint density at radius 2 is 2.50 bits per heavy atom. The van der Waals surface area contributed by atoms with Crippen LogP contribution in [0.25, 0.3) is 0 Å². The van der Waals surface area contributed by atoms with Gasteiger partial charge in [0.1, 0.15) is 5.54 Å². The molecule has 2 fully saturated rings. The van der Waals surface area contributed by atoms with Crippen molar-refractivity contribution < 1.29 is 14.7 Å². The monoisotopic (exact) mass is 170 g/mol. The number of amides is 2. The first-order chi connectivity index (χ1) is 5.65. The predicted octanol–water partition coefficient (Wildman–Crippen LogP) is -0.467. The summed E-state index contributed by atoms with van der Waals surface area (Å²) in [6.45, 7) is 0.673. The first kappa shape index (κ1) is 7.39. The van der Waals surface area contributed by atoms with Gasteiger partial charge in [-0.1, -0.05) is 0 Å². The topological polar surface area (TPSA) is 78.4 Å². The van der Waals surface area contributed by atoms with E-state index in [9.17, 15) is 9.59 Å². The van der Waals surface area contributed by atoms with Crippen LogP contribution in [0.15, 0.2) is 0 Å². The quantitative estimate of drug-likeness (QED) is 0.498. The molecule has 2 atom stereocenters. The van der Waals surface area contributed by atoms with E-state index in [-0.39, 0.29) is 11.8 Å². The Morgan fingerprint density at radius 3 is 3.08 bits per heavy atom. The van der Waals surface area contributed by atoms with Gasteiger partial charge in [-0.25, -0.2) is 4.79 Å². The Hall–Kier alpha value is -1.26. The molecule has 3 N–H and O–H groups in total. The number of fused-ring (bicyclic) bond motifs is 1. The van der Waals surface area contributed by atoms with Gasteiger partial charge >= 0.3 is 6.09 Å². The summed E-state index contributed by atoms with van der Waals surface area (Å²) in [5, 5.41) is 13.4. The standard InChI is InChI=1S/C7H10N2O3/c10-5-7(9-6(11)12)3-4(7)1-2-8-5/h4,9H,1-3H2,(H,8,10)(H,11,12). The molecule has 66 valence electrons. The lowest BCUT2D eigenvalue weighted by Crippen LogP contribution is -2.53. The molecular weight excluding hydrogens is 160 g/mol. The van der Waals surface area contributed by atoms with E-state index in [1.54, 1.807) is 0 Å². The van der Waals surface area contributed by atoms with E-state index in [2.05, 4.69) is 10.6 Å². The van der Waals surface area contributed by atoms with Gasteiger partial charge in [0.15, 0.2) is 0 Å². The van der Waals surface area contributed by atoms with Gasteiger partial charge in [0.05, 0.1) is 0 Å². The minimum absolute atomic E-state index is 0.166. The first-order valence-electron chi connectivity index (χ1n) is 3.94. The molecule has 2 amide bonds. The second kappa shape index (κ2) is 2.12. The van der Waals surface area contributed by atoms with Crippen molar-refractivity contribution in [1.82, 2.24) is 10.6 Å². The van der Waals surface area contributed by atoms with Crippen LogP contribution < -0.4 is 10.6 Å². The summed E-state index contributed by atoms with van der Waals surface area (Å²) in [6, 6.07) is 0. The second-order valence-corrected chi connectivity index (χ2v) is 3.35. The molecule has 0 bridgehead atoms. The van der Waals surface area contributed by atoms with E-state index in [1.807, 2.05) is 0 Å². The molecule has 12 heavy (non-hydrogen) atoms. The third kappa shape index (κ3) is 0.855. The lowest BCUT2D eigenvalue weighted by molar-refractivity contribution is -0.125. The Balaban J connectivity index is 2.11. The zero-order valence-corrected chi connectivity index (χ0v) is 6.46. The van der Waals surface area contributed by atoms with Crippen molar-refractivity contribution >= 4 is 12.0 Å². The molecule has 2 aliphatic rings. The maximum Gasteiger partial charge on any atom is 0.405 e. The zero-order chi connectivity index (χ0) is 8.77. The Kier molecular flexibility index (Phi) is 1.31. The summed E-state index contributed by atoms with van der Waals surface area (Å²) in [5.74, 6) is 0.0588. The molecule has 1 heterocycles. The van der Waals surface area contributed by atoms with Crippen molar-refractivity contribution in [2.24, 2.45) is 5.92 Å². The van der Waals surface area contributed by atoms with E-state index in [1.165, 1.54) is 0 Å².